The Balaban J connectivity index is 2.42. The maximum atomic E-state index is 2.46. The lowest BCUT2D eigenvalue weighted by Crippen LogP contribution is -2.36. The molecule has 1 heteroatoms. The third kappa shape index (κ3) is 2.98. The quantitative estimate of drug-likeness (QED) is 0.649. The largest absolute Gasteiger partial charge is 0.306 e. The van der Waals surface area contributed by atoms with Crippen LogP contribution in [-0.4, -0.2) is 25.0 Å². The lowest BCUT2D eigenvalue weighted by molar-refractivity contribution is 0.106. The van der Waals surface area contributed by atoms with Crippen molar-refractivity contribution in [3.05, 3.63) is 0 Å². The van der Waals surface area contributed by atoms with Crippen molar-refractivity contribution in [2.24, 2.45) is 11.3 Å². The number of nitrogens with zero attached hydrogens (tertiary/aromatic N) is 1. The third-order valence-electron chi connectivity index (χ3n) is 3.72. The van der Waals surface area contributed by atoms with Gasteiger partial charge in [-0.15, -0.1) is 0 Å². The highest BCUT2D eigenvalue weighted by Crippen LogP contribution is 2.38. The van der Waals surface area contributed by atoms with Gasteiger partial charge in [0.2, 0.25) is 0 Å². The summed E-state index contributed by atoms with van der Waals surface area (Å²) in [4.78, 5) is 2.46. The van der Waals surface area contributed by atoms with E-state index in [1.54, 1.807) is 0 Å². The van der Waals surface area contributed by atoms with Crippen molar-refractivity contribution in [2.75, 3.05) is 20.1 Å². The van der Waals surface area contributed by atoms with Gasteiger partial charge in [0.05, 0.1) is 0 Å². The van der Waals surface area contributed by atoms with E-state index in [-0.39, 0.29) is 0 Å². The summed E-state index contributed by atoms with van der Waals surface area (Å²) in [5.74, 6) is 0.962. The minimum atomic E-state index is 0.579. The van der Waals surface area contributed by atoms with Gasteiger partial charge in [0.1, 0.15) is 0 Å². The average molecular weight is 183 g/mol. The third-order valence-corrected chi connectivity index (χ3v) is 3.72. The first kappa shape index (κ1) is 11.0. The van der Waals surface area contributed by atoms with Gasteiger partial charge in [0.15, 0.2) is 0 Å². The number of rotatable bonds is 3. The molecular weight excluding hydrogens is 158 g/mol. The van der Waals surface area contributed by atoms with Crippen LogP contribution in [0.25, 0.3) is 0 Å². The fourth-order valence-corrected chi connectivity index (χ4v) is 2.64. The molecule has 0 radical (unpaired) electrons. The lowest BCUT2D eigenvalue weighted by atomic mass is 9.71. The van der Waals surface area contributed by atoms with Gasteiger partial charge >= 0.3 is 0 Å². The maximum Gasteiger partial charge on any atom is -0.00189 e. The Hall–Kier alpha value is -0.0400. The van der Waals surface area contributed by atoms with Crippen LogP contribution in [0.3, 0.4) is 0 Å². The summed E-state index contributed by atoms with van der Waals surface area (Å²) in [6, 6.07) is 0. The number of hydrogen-bond acceptors (Lipinski definition) is 1. The van der Waals surface area contributed by atoms with Crippen LogP contribution in [0, 0.1) is 11.3 Å². The molecule has 1 nitrogen and oxygen atoms in total. The van der Waals surface area contributed by atoms with Crippen LogP contribution >= 0.6 is 0 Å². The Morgan fingerprint density at radius 3 is 2.23 bits per heavy atom. The molecule has 0 N–H and O–H groups in total. The summed E-state index contributed by atoms with van der Waals surface area (Å²) in [6.45, 7) is 9.81. The standard InChI is InChI=1S/C12H25N/c1-5-8-12(2,3)11-6-9-13(4)10-7-11/h11H,5-10H2,1-4H3. The van der Waals surface area contributed by atoms with E-state index < -0.39 is 0 Å². The molecule has 13 heavy (non-hydrogen) atoms. The van der Waals surface area contributed by atoms with E-state index in [0.29, 0.717) is 5.41 Å². The molecule has 1 heterocycles. The highest BCUT2D eigenvalue weighted by Gasteiger charge is 2.30. The molecule has 0 aliphatic carbocycles. The first-order valence-electron chi connectivity index (χ1n) is 5.75. The van der Waals surface area contributed by atoms with E-state index in [4.69, 9.17) is 0 Å². The van der Waals surface area contributed by atoms with Crippen LogP contribution in [0.5, 0.6) is 0 Å². The second kappa shape index (κ2) is 4.45. The van der Waals surface area contributed by atoms with Crippen molar-refractivity contribution < 1.29 is 0 Å². The van der Waals surface area contributed by atoms with E-state index >= 15 is 0 Å². The molecule has 0 aromatic rings. The monoisotopic (exact) mass is 183 g/mol. The summed E-state index contributed by atoms with van der Waals surface area (Å²) in [6.07, 6.45) is 5.54. The van der Waals surface area contributed by atoms with Crippen molar-refractivity contribution in [1.29, 1.82) is 0 Å². The predicted molar refractivity (Wildman–Crippen MR) is 58.9 cm³/mol. The Bertz CT molecular complexity index is 143. The first-order chi connectivity index (χ1) is 6.06. The highest BCUT2D eigenvalue weighted by molar-refractivity contribution is 4.82. The van der Waals surface area contributed by atoms with Crippen LogP contribution < -0.4 is 0 Å². The van der Waals surface area contributed by atoms with E-state index in [0.717, 1.165) is 5.92 Å². The molecule has 1 fully saturated rings. The Morgan fingerprint density at radius 2 is 1.77 bits per heavy atom. The molecule has 78 valence electrons. The SMILES string of the molecule is CCCC(C)(C)C1CCN(C)CC1. The molecular formula is C12H25N. The summed E-state index contributed by atoms with van der Waals surface area (Å²) in [5, 5.41) is 0. The average Bonchev–Trinajstić information content (AvgIpc) is 2.05. The van der Waals surface area contributed by atoms with Crippen LogP contribution in [0.1, 0.15) is 46.5 Å². The highest BCUT2D eigenvalue weighted by atomic mass is 15.1. The van der Waals surface area contributed by atoms with Crippen molar-refractivity contribution >= 4 is 0 Å². The molecule has 0 saturated carbocycles. The maximum absolute atomic E-state index is 2.46. The number of piperidine rings is 1. The minimum Gasteiger partial charge on any atom is -0.306 e. The van der Waals surface area contributed by atoms with Gasteiger partial charge in [0.25, 0.3) is 0 Å². The normalized spacial score (nSPS) is 22.2. The Labute approximate surface area is 83.5 Å². The molecule has 0 aromatic carbocycles. The second-order valence-corrected chi connectivity index (χ2v) is 5.32. The van der Waals surface area contributed by atoms with E-state index in [2.05, 4.69) is 32.7 Å². The van der Waals surface area contributed by atoms with Gasteiger partial charge < -0.3 is 4.90 Å². The molecule has 1 aliphatic heterocycles. The van der Waals surface area contributed by atoms with Crippen molar-refractivity contribution in [3.8, 4) is 0 Å². The molecule has 1 aliphatic rings. The zero-order chi connectivity index (χ0) is 9.90. The Kier molecular flexibility index (Phi) is 3.78. The number of hydrogen-bond donors (Lipinski definition) is 0. The molecule has 1 saturated heterocycles. The van der Waals surface area contributed by atoms with Crippen molar-refractivity contribution in [1.82, 2.24) is 4.90 Å². The summed E-state index contributed by atoms with van der Waals surface area (Å²) < 4.78 is 0. The van der Waals surface area contributed by atoms with E-state index in [1.165, 1.54) is 38.8 Å². The second-order valence-electron chi connectivity index (χ2n) is 5.32. The van der Waals surface area contributed by atoms with Gasteiger partial charge in [-0.1, -0.05) is 27.2 Å². The molecule has 1 rings (SSSR count). The minimum absolute atomic E-state index is 0.579. The van der Waals surface area contributed by atoms with E-state index in [1.807, 2.05) is 0 Å². The molecule has 0 spiro atoms. The fraction of sp³-hybridized carbons (Fsp3) is 1.00. The van der Waals surface area contributed by atoms with Crippen LogP contribution in [0.4, 0.5) is 0 Å². The molecule has 0 amide bonds. The van der Waals surface area contributed by atoms with E-state index in [9.17, 15) is 0 Å². The lowest BCUT2D eigenvalue weighted by Gasteiger charge is -2.39. The van der Waals surface area contributed by atoms with Crippen LogP contribution in [0.2, 0.25) is 0 Å². The predicted octanol–water partition coefficient (Wildman–Crippen LogP) is 3.15. The van der Waals surface area contributed by atoms with Gasteiger partial charge in [0, 0.05) is 0 Å². The number of likely N-dealkylation sites (tertiary alicyclic amines) is 1. The first-order valence-corrected chi connectivity index (χ1v) is 5.75. The zero-order valence-electron chi connectivity index (χ0n) is 9.77. The molecule has 0 unspecified atom stereocenters. The van der Waals surface area contributed by atoms with Gasteiger partial charge in [-0.25, -0.2) is 0 Å². The van der Waals surface area contributed by atoms with Crippen molar-refractivity contribution in [2.45, 2.75) is 46.5 Å². The van der Waals surface area contributed by atoms with Gasteiger partial charge in [-0.3, -0.25) is 0 Å². The van der Waals surface area contributed by atoms with Crippen LogP contribution in [-0.2, 0) is 0 Å². The Morgan fingerprint density at radius 1 is 1.23 bits per heavy atom. The topological polar surface area (TPSA) is 3.24 Å². The summed E-state index contributed by atoms with van der Waals surface area (Å²) >= 11 is 0. The molecule has 0 bridgehead atoms. The van der Waals surface area contributed by atoms with Crippen molar-refractivity contribution in [3.63, 3.8) is 0 Å². The van der Waals surface area contributed by atoms with Crippen LogP contribution in [0.15, 0.2) is 0 Å². The summed E-state index contributed by atoms with van der Waals surface area (Å²) in [7, 11) is 2.24. The summed E-state index contributed by atoms with van der Waals surface area (Å²) in [5.41, 5.74) is 0.579. The van der Waals surface area contributed by atoms with Gasteiger partial charge in [-0.2, -0.15) is 0 Å². The zero-order valence-corrected chi connectivity index (χ0v) is 9.77. The fourth-order valence-electron chi connectivity index (χ4n) is 2.64. The molecule has 0 atom stereocenters. The van der Waals surface area contributed by atoms with Gasteiger partial charge in [-0.05, 0) is 50.7 Å². The molecule has 0 aromatic heterocycles. The smallest absolute Gasteiger partial charge is 0.00189 e.